The van der Waals surface area contributed by atoms with Crippen LogP contribution in [0.4, 0.5) is 4.79 Å². The predicted molar refractivity (Wildman–Crippen MR) is 118 cm³/mol. The topological polar surface area (TPSA) is 153 Å². The number of nitrogens with zero attached hydrogens (tertiary/aromatic N) is 3. The van der Waals surface area contributed by atoms with Crippen molar-refractivity contribution in [2.24, 2.45) is 16.5 Å². The van der Waals surface area contributed by atoms with Gasteiger partial charge in [-0.2, -0.15) is 0 Å². The third-order valence-electron chi connectivity index (χ3n) is 5.05. The number of hydrogen-bond acceptors (Lipinski definition) is 7. The van der Waals surface area contributed by atoms with E-state index >= 15 is 0 Å². The summed E-state index contributed by atoms with van der Waals surface area (Å²) in [7, 11) is 1.28. The van der Waals surface area contributed by atoms with Gasteiger partial charge in [0.1, 0.15) is 6.04 Å². The van der Waals surface area contributed by atoms with Crippen molar-refractivity contribution in [1.82, 2.24) is 15.2 Å². The smallest absolute Gasteiger partial charge is 0.410 e. The van der Waals surface area contributed by atoms with Crippen LogP contribution in [-0.4, -0.2) is 65.9 Å². The summed E-state index contributed by atoms with van der Waals surface area (Å²) in [5, 5.41) is 3.14. The maximum atomic E-state index is 13.2. The van der Waals surface area contributed by atoms with Gasteiger partial charge in [0.05, 0.1) is 23.4 Å². The Morgan fingerprint density at radius 1 is 1.35 bits per heavy atom. The number of benzene rings is 1. The zero-order chi connectivity index (χ0) is 22.4. The second-order valence-corrected chi connectivity index (χ2v) is 8.21. The van der Waals surface area contributed by atoms with E-state index < -0.39 is 18.2 Å². The first kappa shape index (κ1) is 22.5. The molecule has 2 atom stereocenters. The Morgan fingerprint density at radius 2 is 2.13 bits per heavy atom. The summed E-state index contributed by atoms with van der Waals surface area (Å²) >= 11 is 1.28. The van der Waals surface area contributed by atoms with Crippen LogP contribution >= 0.6 is 11.3 Å². The second kappa shape index (κ2) is 10.2. The Morgan fingerprint density at radius 3 is 2.84 bits per heavy atom. The number of methoxy groups -OCH3 is 1. The van der Waals surface area contributed by atoms with E-state index in [1.54, 1.807) is 0 Å². The van der Waals surface area contributed by atoms with Crippen LogP contribution in [0.25, 0.3) is 10.2 Å². The third kappa shape index (κ3) is 5.48. The monoisotopic (exact) mass is 446 g/mol. The zero-order valence-corrected chi connectivity index (χ0v) is 18.1. The molecule has 2 aromatic rings. The van der Waals surface area contributed by atoms with Crippen LogP contribution in [0.3, 0.4) is 0 Å². The first-order valence-electron chi connectivity index (χ1n) is 10.0. The normalized spacial score (nSPS) is 16.7. The van der Waals surface area contributed by atoms with Gasteiger partial charge in [0.2, 0.25) is 11.7 Å². The number of Topliss-reactive ketones (excluding diaryl/α,β-unsaturated/α-hetero) is 1. The van der Waals surface area contributed by atoms with Crippen molar-refractivity contribution in [2.75, 3.05) is 20.2 Å². The Labute approximate surface area is 183 Å². The molecule has 0 bridgehead atoms. The van der Waals surface area contributed by atoms with Gasteiger partial charge in [-0.25, -0.2) is 9.78 Å². The molecule has 1 aliphatic heterocycles. The molecule has 10 nitrogen and oxygen atoms in total. The number of carbonyl (C=O) groups is 3. The lowest BCUT2D eigenvalue weighted by Crippen LogP contribution is -2.50. The van der Waals surface area contributed by atoms with Crippen molar-refractivity contribution in [1.29, 1.82) is 0 Å². The lowest BCUT2D eigenvalue weighted by molar-refractivity contribution is -0.125. The lowest BCUT2D eigenvalue weighted by atomic mass is 10.1. The van der Waals surface area contributed by atoms with Gasteiger partial charge in [-0.3, -0.25) is 19.5 Å². The van der Waals surface area contributed by atoms with Crippen molar-refractivity contribution in [3.05, 3.63) is 29.3 Å². The largest absolute Gasteiger partial charge is 0.453 e. The Kier molecular flexibility index (Phi) is 7.40. The predicted octanol–water partition coefficient (Wildman–Crippen LogP) is 1.25. The molecule has 31 heavy (non-hydrogen) atoms. The number of rotatable bonds is 8. The molecule has 11 heteroatoms. The molecular formula is C20H26N6O4S. The molecule has 3 rings (SSSR count). The van der Waals surface area contributed by atoms with E-state index in [0.717, 1.165) is 10.2 Å². The average Bonchev–Trinajstić information content (AvgIpc) is 3.41. The number of amides is 2. The fourth-order valence-electron chi connectivity index (χ4n) is 3.54. The van der Waals surface area contributed by atoms with Gasteiger partial charge < -0.3 is 21.5 Å². The summed E-state index contributed by atoms with van der Waals surface area (Å²) in [5.41, 5.74) is 11.4. The van der Waals surface area contributed by atoms with Gasteiger partial charge in [0.25, 0.3) is 0 Å². The summed E-state index contributed by atoms with van der Waals surface area (Å²) in [6.45, 7) is 0.769. The van der Waals surface area contributed by atoms with Gasteiger partial charge in [-0.05, 0) is 37.8 Å². The van der Waals surface area contributed by atoms with Crippen molar-refractivity contribution in [3.63, 3.8) is 0 Å². The van der Waals surface area contributed by atoms with E-state index in [2.05, 4.69) is 15.3 Å². The molecule has 2 amide bonds. The summed E-state index contributed by atoms with van der Waals surface area (Å²) in [5.74, 6) is -0.691. The number of guanidine groups is 1. The van der Waals surface area contributed by atoms with Crippen molar-refractivity contribution < 1.29 is 19.1 Å². The summed E-state index contributed by atoms with van der Waals surface area (Å²) in [6, 6.07) is 5.99. The number of hydrogen-bond donors (Lipinski definition) is 3. The SMILES string of the molecule is COC(=O)N1CCC[C@H]1C(=O)NC(CCCN=C(N)N)C(=O)c1nc2ccccc2s1. The number of ether oxygens (including phenoxy) is 1. The molecule has 1 aromatic carbocycles. The van der Waals surface area contributed by atoms with Gasteiger partial charge in [-0.15, -0.1) is 11.3 Å². The van der Waals surface area contributed by atoms with E-state index in [9.17, 15) is 14.4 Å². The molecule has 1 unspecified atom stereocenters. The van der Waals surface area contributed by atoms with Gasteiger partial charge in [-0.1, -0.05) is 12.1 Å². The Hall–Kier alpha value is -3.21. The minimum Gasteiger partial charge on any atom is -0.453 e. The summed E-state index contributed by atoms with van der Waals surface area (Å²) < 4.78 is 5.66. The van der Waals surface area contributed by atoms with Crippen molar-refractivity contribution in [3.8, 4) is 0 Å². The maximum absolute atomic E-state index is 13.2. The average molecular weight is 447 g/mol. The first-order chi connectivity index (χ1) is 14.9. The molecule has 166 valence electrons. The third-order valence-corrected chi connectivity index (χ3v) is 6.10. The molecule has 0 spiro atoms. The molecule has 1 aromatic heterocycles. The van der Waals surface area contributed by atoms with E-state index in [4.69, 9.17) is 16.2 Å². The van der Waals surface area contributed by atoms with Crippen molar-refractivity contribution >= 4 is 45.3 Å². The number of aromatic nitrogens is 1. The number of ketones is 1. The molecule has 0 saturated carbocycles. The molecule has 1 aliphatic rings. The number of fused-ring (bicyclic) bond motifs is 1. The van der Waals surface area contributed by atoms with Crippen LogP contribution < -0.4 is 16.8 Å². The van der Waals surface area contributed by atoms with Gasteiger partial charge in [0, 0.05) is 13.1 Å². The van der Waals surface area contributed by atoms with Crippen LogP contribution in [0.15, 0.2) is 29.3 Å². The Bertz CT molecular complexity index is 954. The molecule has 0 radical (unpaired) electrons. The highest BCUT2D eigenvalue weighted by Crippen LogP contribution is 2.24. The summed E-state index contributed by atoms with van der Waals surface area (Å²) in [6.07, 6.45) is 1.47. The van der Waals surface area contributed by atoms with Crippen LogP contribution in [0.1, 0.15) is 35.5 Å². The lowest BCUT2D eigenvalue weighted by Gasteiger charge is -2.25. The standard InChI is InChI=1S/C20H26N6O4S/c1-30-20(29)26-11-5-8-14(26)17(28)24-13(7-4-10-23-19(21)22)16(27)18-25-12-6-2-3-9-15(12)31-18/h2-3,6,9,13-14H,4-5,7-8,10-11H2,1H3,(H,24,28)(H4,21,22,23)/t13?,14-/m0/s1. The van der Waals surface area contributed by atoms with E-state index in [1.807, 2.05) is 24.3 Å². The van der Waals surface area contributed by atoms with Gasteiger partial charge in [0.15, 0.2) is 11.0 Å². The van der Waals surface area contributed by atoms with E-state index in [1.165, 1.54) is 23.3 Å². The molecule has 1 fully saturated rings. The van der Waals surface area contributed by atoms with Gasteiger partial charge >= 0.3 is 6.09 Å². The first-order valence-corrected chi connectivity index (χ1v) is 10.8. The fraction of sp³-hybridized carbons (Fsp3) is 0.450. The fourth-order valence-corrected chi connectivity index (χ4v) is 4.50. The van der Waals surface area contributed by atoms with E-state index in [-0.39, 0.29) is 17.6 Å². The number of carbonyl (C=O) groups excluding carboxylic acids is 3. The molecular weight excluding hydrogens is 420 g/mol. The number of nitrogens with two attached hydrogens (primary N) is 2. The number of para-hydroxylation sites is 1. The number of aliphatic imine (C=N–C) groups is 1. The number of likely N-dealkylation sites (tertiary alicyclic amines) is 1. The highest BCUT2D eigenvalue weighted by Gasteiger charge is 2.36. The summed E-state index contributed by atoms with van der Waals surface area (Å²) in [4.78, 5) is 47.8. The Balaban J connectivity index is 1.76. The zero-order valence-electron chi connectivity index (χ0n) is 17.2. The minimum atomic E-state index is -0.803. The minimum absolute atomic E-state index is 0.0299. The maximum Gasteiger partial charge on any atom is 0.410 e. The van der Waals surface area contributed by atoms with Crippen LogP contribution in [0.2, 0.25) is 0 Å². The van der Waals surface area contributed by atoms with E-state index in [0.29, 0.717) is 43.8 Å². The van der Waals surface area contributed by atoms with Crippen LogP contribution in [0, 0.1) is 0 Å². The van der Waals surface area contributed by atoms with Crippen LogP contribution in [0.5, 0.6) is 0 Å². The molecule has 5 N–H and O–H groups in total. The second-order valence-electron chi connectivity index (χ2n) is 7.18. The quantitative estimate of drug-likeness (QED) is 0.239. The highest BCUT2D eigenvalue weighted by atomic mass is 32.1. The number of nitrogens with one attached hydrogen (secondary N) is 1. The number of thiazole rings is 1. The van der Waals surface area contributed by atoms with Crippen LogP contribution in [-0.2, 0) is 9.53 Å². The molecule has 2 heterocycles. The molecule has 1 saturated heterocycles. The van der Waals surface area contributed by atoms with Crippen molar-refractivity contribution in [2.45, 2.75) is 37.8 Å². The highest BCUT2D eigenvalue weighted by molar-refractivity contribution is 7.20. The molecule has 0 aliphatic carbocycles.